The molecule has 3 amide bonds. The molecule has 0 saturated heterocycles. The predicted octanol–water partition coefficient (Wildman–Crippen LogP) is 2.17. The van der Waals surface area contributed by atoms with Gasteiger partial charge in [-0.05, 0) is 13.8 Å². The number of carbonyl (C=O) groups excluding carboxylic acids is 2. The van der Waals surface area contributed by atoms with Crippen LogP contribution in [0.1, 0.15) is 13.8 Å². The van der Waals surface area contributed by atoms with Gasteiger partial charge >= 0.3 is 6.03 Å². The number of hydroxylamine groups is 1. The summed E-state index contributed by atoms with van der Waals surface area (Å²) in [5.41, 5.74) is 2.65. The van der Waals surface area contributed by atoms with E-state index in [2.05, 4.69) is 10.2 Å². The summed E-state index contributed by atoms with van der Waals surface area (Å²) in [6.45, 7) is 4.47. The topological polar surface area (TPSA) is 133 Å². The first-order valence-electron chi connectivity index (χ1n) is 10.5. The zero-order valence-corrected chi connectivity index (χ0v) is 20.5. The molecular formula is C22H34N5O7+. The molecule has 0 radical (unpaired) electrons. The molecule has 0 fully saturated rings. The molecular weight excluding hydrogens is 446 g/mol. The first-order chi connectivity index (χ1) is 16.2. The quantitative estimate of drug-likeness (QED) is 0.169. The third kappa shape index (κ3) is 8.28. The van der Waals surface area contributed by atoms with Crippen LogP contribution in [0.25, 0.3) is 0 Å². The molecule has 0 heterocycles. The summed E-state index contributed by atoms with van der Waals surface area (Å²) in [7, 11) is 5.99. The monoisotopic (exact) mass is 480 g/mol. The molecule has 3 N–H and O–H groups in total. The number of nitrogens with zero attached hydrogens (tertiary/aromatic N) is 3. The number of hydrogen-bond acceptors (Lipinski definition) is 8. The van der Waals surface area contributed by atoms with Crippen LogP contribution >= 0.6 is 0 Å². The lowest BCUT2D eigenvalue weighted by molar-refractivity contribution is -0.790. The molecule has 0 aliphatic carbocycles. The Bertz CT molecular complexity index is 895. The molecule has 188 valence electrons. The van der Waals surface area contributed by atoms with Crippen LogP contribution in [-0.2, 0) is 9.63 Å². The predicted molar refractivity (Wildman–Crippen MR) is 126 cm³/mol. The van der Waals surface area contributed by atoms with E-state index in [9.17, 15) is 14.5 Å². The number of hydrogen-bond donors (Lipinski definition) is 3. The number of allylic oxidation sites excluding steroid dienone is 1. The van der Waals surface area contributed by atoms with Crippen molar-refractivity contribution in [2.75, 3.05) is 59.9 Å². The number of ether oxygens (including phenoxy) is 2. The molecule has 0 aliphatic rings. The standard InChI is InChI=1S/C22H33N5O7/c1-7-20(19(21(28)24-30)9-10-27(31)34-6)25(3)11-12-26(8-2)22(29)23-16-13-17(32-4)15-18(14-16)33-5/h7,9,13-15H,8,10-12H2,1-6H3,(H2-,23,24,28,29,30)/p+1/b19-9+,20-7+. The Kier molecular flexibility index (Phi) is 11.9. The number of methoxy groups -OCH3 is 2. The van der Waals surface area contributed by atoms with Gasteiger partial charge in [0.1, 0.15) is 11.5 Å². The number of urea groups is 1. The Morgan fingerprint density at radius 1 is 1.12 bits per heavy atom. The van der Waals surface area contributed by atoms with Crippen molar-refractivity contribution in [2.24, 2.45) is 0 Å². The Morgan fingerprint density at radius 2 is 1.74 bits per heavy atom. The average Bonchev–Trinajstić information content (AvgIpc) is 2.85. The van der Waals surface area contributed by atoms with E-state index < -0.39 is 5.91 Å². The number of amides is 3. The van der Waals surface area contributed by atoms with Crippen LogP contribution in [0.15, 0.2) is 41.6 Å². The van der Waals surface area contributed by atoms with Crippen LogP contribution in [0, 0.1) is 4.91 Å². The minimum absolute atomic E-state index is 0.0846. The van der Waals surface area contributed by atoms with Crippen molar-refractivity contribution in [3.05, 3.63) is 46.5 Å². The van der Waals surface area contributed by atoms with E-state index in [1.165, 1.54) is 27.4 Å². The number of carbonyl (C=O) groups is 2. The summed E-state index contributed by atoms with van der Waals surface area (Å²) < 4.78 is 10.5. The van der Waals surface area contributed by atoms with E-state index in [1.807, 2.05) is 6.92 Å². The molecule has 0 atom stereocenters. The third-order valence-corrected chi connectivity index (χ3v) is 4.93. The van der Waals surface area contributed by atoms with Crippen molar-refractivity contribution in [1.82, 2.24) is 15.3 Å². The lowest BCUT2D eigenvalue weighted by Gasteiger charge is -2.28. The van der Waals surface area contributed by atoms with Crippen molar-refractivity contribution in [3.8, 4) is 11.5 Å². The molecule has 0 saturated carbocycles. The van der Waals surface area contributed by atoms with Gasteiger partial charge in [0.25, 0.3) is 12.5 Å². The van der Waals surface area contributed by atoms with E-state index in [0.29, 0.717) is 42.5 Å². The molecule has 0 aromatic heterocycles. The fraction of sp³-hybridized carbons (Fsp3) is 0.455. The highest BCUT2D eigenvalue weighted by molar-refractivity contribution is 5.96. The van der Waals surface area contributed by atoms with Crippen LogP contribution in [0.2, 0.25) is 0 Å². The van der Waals surface area contributed by atoms with Gasteiger partial charge in [-0.15, -0.1) is 0 Å². The number of likely N-dealkylation sites (N-methyl/N-ethyl adjacent to an activating group) is 2. The average molecular weight is 481 g/mol. The van der Waals surface area contributed by atoms with Crippen LogP contribution < -0.4 is 20.3 Å². The van der Waals surface area contributed by atoms with Crippen molar-refractivity contribution in [3.63, 3.8) is 0 Å². The van der Waals surface area contributed by atoms with Gasteiger partial charge in [0, 0.05) is 62.3 Å². The van der Waals surface area contributed by atoms with Crippen LogP contribution in [0.4, 0.5) is 10.5 Å². The molecule has 1 aromatic rings. The molecule has 0 bridgehead atoms. The van der Waals surface area contributed by atoms with Gasteiger partial charge in [-0.2, -0.15) is 0 Å². The zero-order chi connectivity index (χ0) is 25.7. The largest absolute Gasteiger partial charge is 0.497 e. The lowest BCUT2D eigenvalue weighted by Crippen LogP contribution is -2.40. The van der Waals surface area contributed by atoms with Crippen molar-refractivity contribution >= 4 is 17.6 Å². The van der Waals surface area contributed by atoms with Gasteiger partial charge < -0.3 is 24.6 Å². The second-order valence-corrected chi connectivity index (χ2v) is 6.96. The summed E-state index contributed by atoms with van der Waals surface area (Å²) in [5, 5.41) is 11.9. The number of anilines is 1. The maximum atomic E-state index is 12.8. The highest BCUT2D eigenvalue weighted by Gasteiger charge is 2.21. The first-order valence-corrected chi connectivity index (χ1v) is 10.5. The Hall–Kier alpha value is -3.80. The molecule has 0 aliphatic heterocycles. The van der Waals surface area contributed by atoms with Gasteiger partial charge in [-0.1, -0.05) is 6.08 Å². The second kappa shape index (κ2) is 14.4. The van der Waals surface area contributed by atoms with Crippen molar-refractivity contribution < 1.29 is 34.0 Å². The minimum Gasteiger partial charge on any atom is -0.497 e. The van der Waals surface area contributed by atoms with Gasteiger partial charge in [0.15, 0.2) is 7.11 Å². The van der Waals surface area contributed by atoms with Gasteiger partial charge in [-0.25, -0.2) is 15.1 Å². The van der Waals surface area contributed by atoms with Crippen LogP contribution in [0.5, 0.6) is 11.5 Å². The number of nitrogens with one attached hydrogen (secondary N) is 2. The highest BCUT2D eigenvalue weighted by Crippen LogP contribution is 2.26. The first kappa shape index (κ1) is 28.2. The van der Waals surface area contributed by atoms with Gasteiger partial charge in [-0.3, -0.25) is 10.0 Å². The molecule has 1 aromatic carbocycles. The fourth-order valence-corrected chi connectivity index (χ4v) is 3.07. The van der Waals surface area contributed by atoms with Crippen molar-refractivity contribution in [2.45, 2.75) is 13.8 Å². The molecule has 0 spiro atoms. The summed E-state index contributed by atoms with van der Waals surface area (Å²) in [4.78, 5) is 44.6. The molecule has 1 rings (SSSR count). The minimum atomic E-state index is -0.776. The Labute approximate surface area is 199 Å². The van der Waals surface area contributed by atoms with E-state index in [-0.39, 0.29) is 23.1 Å². The van der Waals surface area contributed by atoms with Crippen LogP contribution in [0.3, 0.4) is 0 Å². The molecule has 12 nitrogen and oxygen atoms in total. The Morgan fingerprint density at radius 3 is 2.21 bits per heavy atom. The van der Waals surface area contributed by atoms with E-state index in [0.717, 1.165) is 0 Å². The van der Waals surface area contributed by atoms with E-state index in [1.54, 1.807) is 53.5 Å². The summed E-state index contributed by atoms with van der Waals surface area (Å²) in [6, 6.07) is 4.75. The number of rotatable bonds is 13. The Balaban J connectivity index is 2.93. The third-order valence-electron chi connectivity index (χ3n) is 4.93. The maximum absolute atomic E-state index is 12.8. The molecule has 0 unspecified atom stereocenters. The van der Waals surface area contributed by atoms with Gasteiger partial charge in [0.05, 0.1) is 24.7 Å². The second-order valence-electron chi connectivity index (χ2n) is 6.96. The lowest BCUT2D eigenvalue weighted by atomic mass is 10.1. The van der Waals surface area contributed by atoms with E-state index >= 15 is 0 Å². The SMILES string of the molecule is C/C=C(\C(=C/C[N+](=O)OC)C(=O)NO)N(C)CCN(CC)C(=O)Nc1cc(OC)cc(OC)c1. The fourth-order valence-electron chi connectivity index (χ4n) is 3.07. The maximum Gasteiger partial charge on any atom is 0.321 e. The van der Waals surface area contributed by atoms with Crippen molar-refractivity contribution in [1.29, 1.82) is 0 Å². The molecule has 34 heavy (non-hydrogen) atoms. The summed E-state index contributed by atoms with van der Waals surface area (Å²) in [5.74, 6) is 0.310. The van der Waals surface area contributed by atoms with Gasteiger partial charge in [0.2, 0.25) is 4.92 Å². The highest BCUT2D eigenvalue weighted by atomic mass is 16.8. The van der Waals surface area contributed by atoms with Crippen LogP contribution in [-0.4, -0.2) is 86.4 Å². The normalized spacial score (nSPS) is 11.4. The summed E-state index contributed by atoms with van der Waals surface area (Å²) in [6.07, 6.45) is 3.01. The zero-order valence-electron chi connectivity index (χ0n) is 20.5. The smallest absolute Gasteiger partial charge is 0.321 e. The molecule has 12 heteroatoms. The summed E-state index contributed by atoms with van der Waals surface area (Å²) >= 11 is 0. The number of benzene rings is 1. The van der Waals surface area contributed by atoms with E-state index in [4.69, 9.17) is 14.7 Å².